The van der Waals surface area contributed by atoms with Gasteiger partial charge in [-0.15, -0.1) is 0 Å². The molecule has 0 radical (unpaired) electrons. The van der Waals surface area contributed by atoms with Crippen LogP contribution >= 0.6 is 0 Å². The van der Waals surface area contributed by atoms with Crippen LogP contribution in [0.25, 0.3) is 0 Å². The van der Waals surface area contributed by atoms with Crippen LogP contribution in [0.3, 0.4) is 0 Å². The first-order chi connectivity index (χ1) is 11.5. The molecule has 7 heteroatoms. The topological polar surface area (TPSA) is 75.2 Å². The summed E-state index contributed by atoms with van der Waals surface area (Å²) in [6, 6.07) is 0. The van der Waals surface area contributed by atoms with Crippen LogP contribution in [-0.4, -0.2) is 75.9 Å². The second-order valence-electron chi connectivity index (χ2n) is 6.52. The Morgan fingerprint density at radius 2 is 2.12 bits per heavy atom. The van der Waals surface area contributed by atoms with Crippen LogP contribution < -0.4 is 10.6 Å². The van der Waals surface area contributed by atoms with E-state index < -0.39 is 0 Å². The lowest BCUT2D eigenvalue weighted by Crippen LogP contribution is -2.42. The van der Waals surface area contributed by atoms with Gasteiger partial charge in [-0.05, 0) is 39.5 Å². The first kappa shape index (κ1) is 20.7. The van der Waals surface area contributed by atoms with Gasteiger partial charge in [0.15, 0.2) is 5.96 Å². The third-order valence-electron chi connectivity index (χ3n) is 3.71. The average molecular weight is 342 g/mol. The Hall–Kier alpha value is -1.34. The van der Waals surface area contributed by atoms with Crippen molar-refractivity contribution < 1.29 is 14.3 Å². The molecule has 1 saturated heterocycles. The summed E-state index contributed by atoms with van der Waals surface area (Å²) >= 11 is 0. The molecule has 0 aromatic rings. The van der Waals surface area contributed by atoms with Crippen molar-refractivity contribution in [3.63, 3.8) is 0 Å². The van der Waals surface area contributed by atoms with E-state index in [4.69, 9.17) is 9.47 Å². The minimum Gasteiger partial charge on any atom is -0.379 e. The summed E-state index contributed by atoms with van der Waals surface area (Å²) in [7, 11) is 3.47. The quantitative estimate of drug-likeness (QED) is 0.352. The molecule has 1 atom stereocenters. The lowest BCUT2D eigenvalue weighted by Gasteiger charge is -2.16. The van der Waals surface area contributed by atoms with Crippen molar-refractivity contribution in [3.05, 3.63) is 0 Å². The van der Waals surface area contributed by atoms with Crippen molar-refractivity contribution >= 4 is 11.9 Å². The van der Waals surface area contributed by atoms with Crippen molar-refractivity contribution in [2.24, 2.45) is 4.99 Å². The van der Waals surface area contributed by atoms with Gasteiger partial charge in [-0.2, -0.15) is 0 Å². The molecule has 1 unspecified atom stereocenters. The first-order valence-electron chi connectivity index (χ1n) is 8.94. The van der Waals surface area contributed by atoms with Crippen LogP contribution in [0.4, 0.5) is 0 Å². The standard InChI is InChI=1S/C17H34N4O3/c1-14(2)23-10-6-5-9-18-17(20-13-16(22)21(3)4)19-12-15-8-7-11-24-15/h14-15H,5-13H2,1-4H3,(H2,18,19,20). The highest BCUT2D eigenvalue weighted by Gasteiger charge is 2.15. The van der Waals surface area contributed by atoms with E-state index in [9.17, 15) is 4.79 Å². The third-order valence-corrected chi connectivity index (χ3v) is 3.71. The third kappa shape index (κ3) is 9.72. The van der Waals surface area contributed by atoms with Crippen LogP contribution in [-0.2, 0) is 14.3 Å². The smallest absolute Gasteiger partial charge is 0.243 e. The number of carbonyl (C=O) groups excluding carboxylic acids is 1. The zero-order valence-corrected chi connectivity index (χ0v) is 15.6. The summed E-state index contributed by atoms with van der Waals surface area (Å²) < 4.78 is 11.1. The molecule has 0 bridgehead atoms. The molecule has 1 aliphatic heterocycles. The second kappa shape index (κ2) is 12.1. The van der Waals surface area contributed by atoms with Gasteiger partial charge in [0.2, 0.25) is 5.91 Å². The Kier molecular flexibility index (Phi) is 10.4. The van der Waals surface area contributed by atoms with Gasteiger partial charge >= 0.3 is 0 Å². The Labute approximate surface area is 146 Å². The molecule has 0 aromatic carbocycles. The Balaban J connectivity index is 2.32. The van der Waals surface area contributed by atoms with Gasteiger partial charge in [0.25, 0.3) is 0 Å². The molecule has 1 fully saturated rings. The number of rotatable bonds is 10. The number of amides is 1. The Bertz CT molecular complexity index is 380. The summed E-state index contributed by atoms with van der Waals surface area (Å²) in [5, 5.41) is 6.56. The monoisotopic (exact) mass is 342 g/mol. The van der Waals surface area contributed by atoms with Gasteiger partial charge in [0, 0.05) is 40.4 Å². The molecular formula is C17H34N4O3. The highest BCUT2D eigenvalue weighted by Crippen LogP contribution is 2.10. The number of hydrogen-bond acceptors (Lipinski definition) is 4. The largest absolute Gasteiger partial charge is 0.379 e. The number of unbranched alkanes of at least 4 members (excludes halogenated alkanes) is 1. The summed E-state index contributed by atoms with van der Waals surface area (Å²) in [6.07, 6.45) is 4.70. The normalized spacial score (nSPS) is 18.0. The minimum atomic E-state index is -0.0152. The Morgan fingerprint density at radius 3 is 2.75 bits per heavy atom. The molecule has 7 nitrogen and oxygen atoms in total. The number of likely N-dealkylation sites (N-methyl/N-ethyl adjacent to an activating group) is 1. The van der Waals surface area contributed by atoms with Gasteiger partial charge in [-0.25, -0.2) is 4.99 Å². The average Bonchev–Trinajstić information content (AvgIpc) is 3.05. The highest BCUT2D eigenvalue weighted by molar-refractivity contribution is 5.84. The van der Waals surface area contributed by atoms with Gasteiger partial charge in [0.1, 0.15) is 6.54 Å². The Morgan fingerprint density at radius 1 is 1.33 bits per heavy atom. The van der Waals surface area contributed by atoms with Crippen molar-refractivity contribution in [1.82, 2.24) is 15.5 Å². The fourth-order valence-corrected chi connectivity index (χ4v) is 2.23. The number of carbonyl (C=O) groups is 1. The molecule has 24 heavy (non-hydrogen) atoms. The summed E-state index contributed by atoms with van der Waals surface area (Å²) in [5.74, 6) is 0.657. The summed E-state index contributed by atoms with van der Waals surface area (Å²) in [6.45, 7) is 7.35. The van der Waals surface area contributed by atoms with E-state index in [0.717, 1.165) is 52.0 Å². The molecule has 0 aromatic heterocycles. The first-order valence-corrected chi connectivity index (χ1v) is 8.94. The summed E-state index contributed by atoms with van der Waals surface area (Å²) in [4.78, 5) is 17.6. The van der Waals surface area contributed by atoms with E-state index >= 15 is 0 Å². The molecule has 0 saturated carbocycles. The van der Waals surface area contributed by atoms with Crippen LogP contribution in [0.1, 0.15) is 39.5 Å². The van der Waals surface area contributed by atoms with E-state index in [1.165, 1.54) is 0 Å². The molecule has 2 N–H and O–H groups in total. The second-order valence-corrected chi connectivity index (χ2v) is 6.52. The van der Waals surface area contributed by atoms with E-state index in [1.54, 1.807) is 19.0 Å². The molecule has 1 amide bonds. The van der Waals surface area contributed by atoms with Gasteiger partial charge in [-0.3, -0.25) is 4.79 Å². The lowest BCUT2D eigenvalue weighted by atomic mass is 10.2. The van der Waals surface area contributed by atoms with Gasteiger partial charge in [-0.1, -0.05) is 0 Å². The molecule has 1 rings (SSSR count). The zero-order chi connectivity index (χ0) is 17.8. The van der Waals surface area contributed by atoms with E-state index in [1.807, 2.05) is 13.8 Å². The number of hydrogen-bond donors (Lipinski definition) is 2. The lowest BCUT2D eigenvalue weighted by molar-refractivity contribution is -0.127. The van der Waals surface area contributed by atoms with Gasteiger partial charge in [0.05, 0.1) is 12.2 Å². The number of ether oxygens (including phenoxy) is 2. The maximum absolute atomic E-state index is 11.7. The molecule has 0 aliphatic carbocycles. The fraction of sp³-hybridized carbons (Fsp3) is 0.882. The van der Waals surface area contributed by atoms with E-state index in [0.29, 0.717) is 5.96 Å². The van der Waals surface area contributed by atoms with Crippen LogP contribution in [0.5, 0.6) is 0 Å². The SMILES string of the molecule is CC(C)OCCCCNC(=NCC(=O)N(C)C)NCC1CCCO1. The van der Waals surface area contributed by atoms with Crippen molar-refractivity contribution in [2.75, 3.05) is 46.9 Å². The minimum absolute atomic E-state index is 0.0152. The fourth-order valence-electron chi connectivity index (χ4n) is 2.23. The maximum atomic E-state index is 11.7. The van der Waals surface area contributed by atoms with Crippen molar-refractivity contribution in [2.45, 2.75) is 51.7 Å². The van der Waals surface area contributed by atoms with Crippen LogP contribution in [0.2, 0.25) is 0 Å². The maximum Gasteiger partial charge on any atom is 0.243 e. The number of aliphatic imine (C=N–C) groups is 1. The molecule has 0 spiro atoms. The molecule has 140 valence electrons. The number of nitrogens with one attached hydrogen (secondary N) is 2. The van der Waals surface area contributed by atoms with E-state index in [2.05, 4.69) is 15.6 Å². The van der Waals surface area contributed by atoms with Crippen LogP contribution in [0.15, 0.2) is 4.99 Å². The van der Waals surface area contributed by atoms with E-state index in [-0.39, 0.29) is 24.7 Å². The predicted octanol–water partition coefficient (Wildman–Crippen LogP) is 0.994. The predicted molar refractivity (Wildman–Crippen MR) is 96.3 cm³/mol. The molecule has 1 heterocycles. The number of nitrogens with zero attached hydrogens (tertiary/aromatic N) is 2. The zero-order valence-electron chi connectivity index (χ0n) is 15.6. The number of guanidine groups is 1. The molecule has 1 aliphatic rings. The van der Waals surface area contributed by atoms with Gasteiger partial charge < -0.3 is 25.0 Å². The van der Waals surface area contributed by atoms with Crippen molar-refractivity contribution in [3.8, 4) is 0 Å². The summed E-state index contributed by atoms with van der Waals surface area (Å²) in [5.41, 5.74) is 0. The van der Waals surface area contributed by atoms with Crippen molar-refractivity contribution in [1.29, 1.82) is 0 Å². The van der Waals surface area contributed by atoms with Crippen LogP contribution in [0, 0.1) is 0 Å². The molecular weight excluding hydrogens is 308 g/mol. The highest BCUT2D eigenvalue weighted by atomic mass is 16.5.